The van der Waals surface area contributed by atoms with Crippen molar-refractivity contribution in [2.75, 3.05) is 0 Å². The minimum atomic E-state index is -0.0438. The molecule has 0 bridgehead atoms. The fraction of sp³-hybridized carbons (Fsp3) is 0.478. The van der Waals surface area contributed by atoms with Crippen LogP contribution in [-0.4, -0.2) is 5.11 Å². The first-order chi connectivity index (χ1) is 10.8. The molecule has 0 aliphatic heterocycles. The van der Waals surface area contributed by atoms with E-state index in [9.17, 15) is 5.11 Å². The van der Waals surface area contributed by atoms with Crippen LogP contribution in [0.5, 0.6) is 5.75 Å². The Balaban J connectivity index is 2.90. The Morgan fingerprint density at radius 2 is 1.17 bits per heavy atom. The first-order valence-electron chi connectivity index (χ1n) is 8.78. The van der Waals surface area contributed by atoms with Crippen molar-refractivity contribution in [1.29, 1.82) is 0 Å². The SMILES string of the molecule is Cc1cc(C)c(-c2c(O)cc(C(C)(C)C)cc2C(C)(C)C)c(C)c1. The Hall–Kier alpha value is -1.76. The predicted molar refractivity (Wildman–Crippen MR) is 105 cm³/mol. The van der Waals surface area contributed by atoms with E-state index < -0.39 is 0 Å². The molecule has 0 aliphatic carbocycles. The number of aromatic hydroxyl groups is 1. The molecule has 24 heavy (non-hydrogen) atoms. The van der Waals surface area contributed by atoms with E-state index in [-0.39, 0.29) is 10.8 Å². The van der Waals surface area contributed by atoms with Crippen LogP contribution in [0.3, 0.4) is 0 Å². The number of benzene rings is 2. The highest BCUT2D eigenvalue weighted by molar-refractivity contribution is 5.80. The van der Waals surface area contributed by atoms with Gasteiger partial charge in [-0.05, 0) is 65.5 Å². The number of hydrogen-bond donors (Lipinski definition) is 1. The summed E-state index contributed by atoms with van der Waals surface area (Å²) in [7, 11) is 0. The summed E-state index contributed by atoms with van der Waals surface area (Å²) in [5, 5.41) is 11.0. The molecule has 2 aromatic carbocycles. The van der Waals surface area contributed by atoms with Crippen LogP contribution in [-0.2, 0) is 10.8 Å². The van der Waals surface area contributed by atoms with Crippen LogP contribution >= 0.6 is 0 Å². The third-order valence-corrected chi connectivity index (χ3v) is 4.72. The van der Waals surface area contributed by atoms with Crippen molar-refractivity contribution in [2.24, 2.45) is 0 Å². The van der Waals surface area contributed by atoms with E-state index in [4.69, 9.17) is 0 Å². The van der Waals surface area contributed by atoms with E-state index in [2.05, 4.69) is 80.5 Å². The highest BCUT2D eigenvalue weighted by Crippen LogP contribution is 2.44. The first kappa shape index (κ1) is 18.6. The van der Waals surface area contributed by atoms with Gasteiger partial charge >= 0.3 is 0 Å². The minimum Gasteiger partial charge on any atom is -0.507 e. The standard InChI is InChI=1S/C23H32O/c1-14-10-15(2)20(16(3)11-14)21-18(23(7,8)9)12-17(13-19(21)24)22(4,5)6/h10-13,24H,1-9H3. The Morgan fingerprint density at radius 1 is 0.667 bits per heavy atom. The van der Waals surface area contributed by atoms with Gasteiger partial charge in [-0.3, -0.25) is 0 Å². The molecular formula is C23H32O. The van der Waals surface area contributed by atoms with Crippen molar-refractivity contribution in [3.63, 3.8) is 0 Å². The zero-order valence-corrected chi connectivity index (χ0v) is 16.8. The normalized spacial score (nSPS) is 12.5. The van der Waals surface area contributed by atoms with Crippen LogP contribution in [0, 0.1) is 20.8 Å². The lowest BCUT2D eigenvalue weighted by molar-refractivity contribution is 0.468. The summed E-state index contributed by atoms with van der Waals surface area (Å²) in [4.78, 5) is 0. The van der Waals surface area contributed by atoms with Crippen LogP contribution in [0.4, 0.5) is 0 Å². The van der Waals surface area contributed by atoms with Gasteiger partial charge in [0.2, 0.25) is 0 Å². The number of rotatable bonds is 1. The zero-order valence-electron chi connectivity index (χ0n) is 16.8. The Bertz CT molecular complexity index is 745. The second kappa shape index (κ2) is 5.95. The molecule has 1 heteroatoms. The highest BCUT2D eigenvalue weighted by atomic mass is 16.3. The van der Waals surface area contributed by atoms with Gasteiger partial charge in [-0.1, -0.05) is 65.3 Å². The average molecular weight is 325 g/mol. The Kier molecular flexibility index (Phi) is 4.61. The molecule has 1 N–H and O–H groups in total. The van der Waals surface area contributed by atoms with Crippen LogP contribution in [0.1, 0.15) is 69.4 Å². The molecule has 0 saturated heterocycles. The van der Waals surface area contributed by atoms with E-state index in [0.717, 1.165) is 5.56 Å². The lowest BCUT2D eigenvalue weighted by atomic mass is 9.75. The summed E-state index contributed by atoms with van der Waals surface area (Å²) in [6.45, 7) is 19.6. The molecule has 2 aromatic rings. The molecule has 0 fully saturated rings. The van der Waals surface area contributed by atoms with Gasteiger partial charge in [-0.2, -0.15) is 0 Å². The van der Waals surface area contributed by atoms with Gasteiger partial charge in [0.15, 0.2) is 0 Å². The molecule has 130 valence electrons. The smallest absolute Gasteiger partial charge is 0.124 e. The van der Waals surface area contributed by atoms with Crippen molar-refractivity contribution < 1.29 is 5.11 Å². The fourth-order valence-electron chi connectivity index (χ4n) is 3.49. The monoisotopic (exact) mass is 324 g/mol. The van der Waals surface area contributed by atoms with Gasteiger partial charge in [0, 0.05) is 5.56 Å². The van der Waals surface area contributed by atoms with Crippen LogP contribution in [0.15, 0.2) is 24.3 Å². The molecule has 0 amide bonds. The van der Waals surface area contributed by atoms with Crippen molar-refractivity contribution in [3.05, 3.63) is 52.1 Å². The molecule has 0 radical (unpaired) electrons. The second-order valence-corrected chi connectivity index (χ2v) is 9.19. The summed E-state index contributed by atoms with van der Waals surface area (Å²) in [6.07, 6.45) is 0. The van der Waals surface area contributed by atoms with E-state index in [1.165, 1.54) is 33.4 Å². The molecular weight excluding hydrogens is 292 g/mol. The quantitative estimate of drug-likeness (QED) is 0.628. The first-order valence-corrected chi connectivity index (χ1v) is 8.78. The van der Waals surface area contributed by atoms with Gasteiger partial charge in [0.1, 0.15) is 5.75 Å². The summed E-state index contributed by atoms with van der Waals surface area (Å²) in [6, 6.07) is 8.63. The summed E-state index contributed by atoms with van der Waals surface area (Å²) in [5.74, 6) is 0.391. The topological polar surface area (TPSA) is 20.2 Å². The third kappa shape index (κ3) is 3.50. The van der Waals surface area contributed by atoms with Gasteiger partial charge in [-0.25, -0.2) is 0 Å². The lowest BCUT2D eigenvalue weighted by Gasteiger charge is -2.29. The molecule has 0 heterocycles. The van der Waals surface area contributed by atoms with Crippen LogP contribution < -0.4 is 0 Å². The van der Waals surface area contributed by atoms with Gasteiger partial charge in [0.05, 0.1) is 0 Å². The molecule has 0 aromatic heterocycles. The van der Waals surface area contributed by atoms with Crippen molar-refractivity contribution in [2.45, 2.75) is 73.1 Å². The second-order valence-electron chi connectivity index (χ2n) is 9.19. The van der Waals surface area contributed by atoms with Gasteiger partial charge in [0.25, 0.3) is 0 Å². The fourth-order valence-corrected chi connectivity index (χ4v) is 3.49. The lowest BCUT2D eigenvalue weighted by Crippen LogP contribution is -2.18. The summed E-state index contributed by atoms with van der Waals surface area (Å²) >= 11 is 0. The van der Waals surface area contributed by atoms with E-state index >= 15 is 0 Å². The predicted octanol–water partition coefficient (Wildman–Crippen LogP) is 6.58. The molecule has 0 aliphatic rings. The van der Waals surface area contributed by atoms with E-state index in [1.54, 1.807) is 0 Å². The summed E-state index contributed by atoms with van der Waals surface area (Å²) in [5.41, 5.74) is 8.21. The molecule has 1 nitrogen and oxygen atoms in total. The number of phenols is 1. The zero-order chi connectivity index (χ0) is 18.4. The Morgan fingerprint density at radius 3 is 1.58 bits per heavy atom. The molecule has 0 unspecified atom stereocenters. The highest BCUT2D eigenvalue weighted by Gasteiger charge is 2.27. The maximum atomic E-state index is 11.0. The third-order valence-electron chi connectivity index (χ3n) is 4.72. The molecule has 0 spiro atoms. The largest absolute Gasteiger partial charge is 0.507 e. The maximum absolute atomic E-state index is 11.0. The number of hydrogen-bond acceptors (Lipinski definition) is 1. The maximum Gasteiger partial charge on any atom is 0.124 e. The van der Waals surface area contributed by atoms with Crippen molar-refractivity contribution in [1.82, 2.24) is 0 Å². The van der Waals surface area contributed by atoms with E-state index in [0.29, 0.717) is 5.75 Å². The molecule has 0 atom stereocenters. The van der Waals surface area contributed by atoms with Gasteiger partial charge < -0.3 is 5.11 Å². The molecule has 0 saturated carbocycles. The van der Waals surface area contributed by atoms with Crippen LogP contribution in [0.25, 0.3) is 11.1 Å². The molecule has 2 rings (SSSR count). The number of phenolic OH excluding ortho intramolecular Hbond substituents is 1. The van der Waals surface area contributed by atoms with Crippen LogP contribution in [0.2, 0.25) is 0 Å². The van der Waals surface area contributed by atoms with Crippen molar-refractivity contribution >= 4 is 0 Å². The van der Waals surface area contributed by atoms with Gasteiger partial charge in [-0.15, -0.1) is 0 Å². The average Bonchev–Trinajstić information content (AvgIpc) is 2.36. The van der Waals surface area contributed by atoms with E-state index in [1.807, 2.05) is 6.07 Å². The summed E-state index contributed by atoms with van der Waals surface area (Å²) < 4.78 is 0. The number of aryl methyl sites for hydroxylation is 3. The Labute approximate surface area is 147 Å². The van der Waals surface area contributed by atoms with Crippen molar-refractivity contribution in [3.8, 4) is 16.9 Å². The minimum absolute atomic E-state index is 0.00732.